The molecule has 6 rings (SSSR count). The molecule has 1 aliphatic heterocycles. The smallest absolute Gasteiger partial charge is 0.338 e. The number of nitrogen functional groups attached to an aromatic ring is 1. The lowest BCUT2D eigenvalue weighted by Crippen LogP contribution is -2.41. The summed E-state index contributed by atoms with van der Waals surface area (Å²) in [4.78, 5) is 43.8. The Balaban J connectivity index is 1.39. The van der Waals surface area contributed by atoms with Crippen LogP contribution in [0.5, 0.6) is 0 Å². The van der Waals surface area contributed by atoms with Crippen molar-refractivity contribution in [3.8, 4) is 0 Å². The number of nitrogens with two attached hydrogens (primary N) is 1. The van der Waals surface area contributed by atoms with Crippen molar-refractivity contribution in [1.82, 2.24) is 24.8 Å². The maximum Gasteiger partial charge on any atom is 0.338 e. The Morgan fingerprint density at radius 1 is 0.800 bits per heavy atom. The topological polar surface area (TPSA) is 170 Å². The van der Waals surface area contributed by atoms with E-state index in [1.165, 1.54) is 16.3 Å². The summed E-state index contributed by atoms with van der Waals surface area (Å²) >= 11 is 1.29. The maximum absolute atomic E-state index is 13.4. The van der Waals surface area contributed by atoms with Crippen LogP contribution in [-0.4, -0.2) is 73.9 Å². The van der Waals surface area contributed by atoms with Crippen molar-refractivity contribution in [2.75, 3.05) is 18.6 Å². The fourth-order valence-electron chi connectivity index (χ4n) is 4.80. The predicted molar refractivity (Wildman–Crippen MR) is 160 cm³/mol. The van der Waals surface area contributed by atoms with Crippen LogP contribution in [0, 0.1) is 0 Å². The summed E-state index contributed by atoms with van der Waals surface area (Å²) in [7, 11) is 0. The fraction of sp³-hybridized carbons (Fsp3) is 0.194. The molecule has 4 atom stereocenters. The number of ether oxygens (including phenoxy) is 4. The third-order valence-electron chi connectivity index (χ3n) is 6.93. The molecule has 1 fully saturated rings. The van der Waals surface area contributed by atoms with E-state index in [0.717, 1.165) is 0 Å². The molecule has 0 spiro atoms. The lowest BCUT2D eigenvalue weighted by Gasteiger charge is -2.24. The highest BCUT2D eigenvalue weighted by atomic mass is 32.2. The van der Waals surface area contributed by atoms with Gasteiger partial charge in [-0.15, -0.1) is 27.1 Å². The minimum Gasteiger partial charge on any atom is -0.459 e. The normalized spacial score (nSPS) is 19.2. The standard InChI is InChI=1S/C31H26N6O7S/c1-45-27-26-35-34-25(37(26)36-31(32)33-27)24-23(44-30(40)20-15-9-4-10-16-20)22(43-29(39)19-13-7-3-8-14-19)21(42-24)17-41-28(38)18-11-5-2-6-12-18/h2-16,21-24H,17H2,1H3,(H2,32,36)/t21-,22-,23-,24-/m1/s1. The number of fused-ring (bicyclic) bond motifs is 1. The van der Waals surface area contributed by atoms with Gasteiger partial charge in [0.1, 0.15) is 17.7 Å². The fourth-order valence-corrected chi connectivity index (χ4v) is 5.30. The first kappa shape index (κ1) is 29.7. The molecule has 1 saturated heterocycles. The van der Waals surface area contributed by atoms with E-state index < -0.39 is 42.3 Å². The summed E-state index contributed by atoms with van der Waals surface area (Å²) in [5, 5.41) is 13.2. The molecule has 5 aromatic rings. The molecule has 0 saturated carbocycles. The van der Waals surface area contributed by atoms with Gasteiger partial charge in [-0.1, -0.05) is 54.6 Å². The third-order valence-corrected chi connectivity index (χ3v) is 7.59. The van der Waals surface area contributed by atoms with Crippen LogP contribution in [0.1, 0.15) is 43.0 Å². The summed E-state index contributed by atoms with van der Waals surface area (Å²) in [6.07, 6.45) is -2.98. The second kappa shape index (κ2) is 13.1. The average molecular weight is 627 g/mol. The van der Waals surface area contributed by atoms with Gasteiger partial charge >= 0.3 is 17.9 Å². The largest absolute Gasteiger partial charge is 0.459 e. The van der Waals surface area contributed by atoms with Crippen molar-refractivity contribution < 1.29 is 33.3 Å². The SMILES string of the molecule is CSc1nc(N)nn2c([C@@H]3O[C@H](COC(=O)c4ccccc4)[C@@H](OC(=O)c4ccccc4)[C@H]3OC(=O)c3ccccc3)nnc12. The first-order valence-electron chi connectivity index (χ1n) is 13.8. The molecule has 14 heteroatoms. The monoisotopic (exact) mass is 626 g/mol. The zero-order valence-electron chi connectivity index (χ0n) is 23.8. The predicted octanol–water partition coefficient (Wildman–Crippen LogP) is 3.57. The van der Waals surface area contributed by atoms with Crippen LogP contribution in [0.25, 0.3) is 5.65 Å². The van der Waals surface area contributed by atoms with Crippen molar-refractivity contribution in [1.29, 1.82) is 0 Å². The van der Waals surface area contributed by atoms with E-state index >= 15 is 0 Å². The quantitative estimate of drug-likeness (QED) is 0.143. The van der Waals surface area contributed by atoms with Gasteiger partial charge in [0.05, 0.1) is 16.7 Å². The second-order valence-corrected chi connectivity index (χ2v) is 10.6. The lowest BCUT2D eigenvalue weighted by atomic mass is 10.1. The van der Waals surface area contributed by atoms with Gasteiger partial charge in [-0.05, 0) is 42.7 Å². The number of anilines is 1. The summed E-state index contributed by atoms with van der Waals surface area (Å²) in [5.74, 6) is -1.97. The number of nitrogens with zero attached hydrogens (tertiary/aromatic N) is 5. The number of benzene rings is 3. The van der Waals surface area contributed by atoms with E-state index in [1.807, 2.05) is 0 Å². The Hall–Kier alpha value is -5.34. The van der Waals surface area contributed by atoms with Crippen LogP contribution >= 0.6 is 11.8 Å². The van der Waals surface area contributed by atoms with E-state index in [-0.39, 0.29) is 29.5 Å². The molecule has 13 nitrogen and oxygen atoms in total. The van der Waals surface area contributed by atoms with Gasteiger partial charge in [0.25, 0.3) is 0 Å². The molecule has 1 aliphatic rings. The van der Waals surface area contributed by atoms with Crippen LogP contribution in [0.4, 0.5) is 5.95 Å². The lowest BCUT2D eigenvalue weighted by molar-refractivity contribution is -0.0455. The maximum atomic E-state index is 13.4. The van der Waals surface area contributed by atoms with Gasteiger partial charge in [-0.25, -0.2) is 19.4 Å². The van der Waals surface area contributed by atoms with Crippen LogP contribution in [0.15, 0.2) is 96.0 Å². The van der Waals surface area contributed by atoms with Crippen LogP contribution in [0.3, 0.4) is 0 Å². The molecule has 0 aliphatic carbocycles. The summed E-state index contributed by atoms with van der Waals surface area (Å²) in [5.41, 5.74) is 7.10. The summed E-state index contributed by atoms with van der Waals surface area (Å²) in [6, 6.07) is 25.0. The van der Waals surface area contributed by atoms with Crippen molar-refractivity contribution in [2.45, 2.75) is 29.4 Å². The number of rotatable bonds is 9. The van der Waals surface area contributed by atoms with Crippen molar-refractivity contribution in [3.05, 3.63) is 114 Å². The van der Waals surface area contributed by atoms with E-state index in [4.69, 9.17) is 24.7 Å². The first-order chi connectivity index (χ1) is 21.9. The molecule has 0 bridgehead atoms. The number of carbonyl (C=O) groups excluding carboxylic acids is 3. The van der Waals surface area contributed by atoms with E-state index in [1.54, 1.807) is 97.3 Å². The van der Waals surface area contributed by atoms with Gasteiger partial charge < -0.3 is 24.7 Å². The highest BCUT2D eigenvalue weighted by Gasteiger charge is 2.53. The number of hydrogen-bond acceptors (Lipinski definition) is 13. The van der Waals surface area contributed by atoms with Gasteiger partial charge in [-0.2, -0.15) is 4.52 Å². The van der Waals surface area contributed by atoms with Gasteiger partial charge in [0.15, 0.2) is 24.1 Å². The highest BCUT2D eigenvalue weighted by molar-refractivity contribution is 7.98. The molecule has 0 amide bonds. The molecule has 45 heavy (non-hydrogen) atoms. The number of carbonyl (C=O) groups is 3. The Labute approximate surface area is 260 Å². The second-order valence-electron chi connectivity index (χ2n) is 9.80. The highest BCUT2D eigenvalue weighted by Crippen LogP contribution is 2.38. The van der Waals surface area contributed by atoms with Gasteiger partial charge in [0.2, 0.25) is 11.6 Å². The van der Waals surface area contributed by atoms with Crippen molar-refractivity contribution in [2.24, 2.45) is 0 Å². The molecular formula is C31H26N6O7S. The van der Waals surface area contributed by atoms with Gasteiger partial charge in [0, 0.05) is 0 Å². The van der Waals surface area contributed by atoms with Crippen LogP contribution in [-0.2, 0) is 18.9 Å². The third kappa shape index (κ3) is 6.32. The summed E-state index contributed by atoms with van der Waals surface area (Å²) < 4.78 is 25.2. The Morgan fingerprint density at radius 2 is 1.33 bits per heavy atom. The molecule has 3 aromatic carbocycles. The van der Waals surface area contributed by atoms with Crippen molar-refractivity contribution in [3.63, 3.8) is 0 Å². The van der Waals surface area contributed by atoms with Crippen molar-refractivity contribution >= 4 is 41.3 Å². The van der Waals surface area contributed by atoms with Gasteiger partial charge in [-0.3, -0.25) is 0 Å². The molecule has 2 N–H and O–H groups in total. The molecule has 0 radical (unpaired) electrons. The Kier molecular flexibility index (Phi) is 8.66. The van der Waals surface area contributed by atoms with E-state index in [0.29, 0.717) is 16.2 Å². The Morgan fingerprint density at radius 3 is 1.89 bits per heavy atom. The van der Waals surface area contributed by atoms with E-state index in [9.17, 15) is 14.4 Å². The molecule has 2 aromatic heterocycles. The number of thioether (sulfide) groups is 1. The summed E-state index contributed by atoms with van der Waals surface area (Å²) in [6.45, 7) is -0.347. The zero-order chi connectivity index (χ0) is 31.3. The number of aromatic nitrogens is 5. The van der Waals surface area contributed by atoms with Crippen LogP contribution < -0.4 is 5.73 Å². The number of hydrogen-bond donors (Lipinski definition) is 1. The minimum atomic E-state index is -1.27. The van der Waals surface area contributed by atoms with E-state index in [2.05, 4.69) is 20.3 Å². The average Bonchev–Trinajstić information content (AvgIpc) is 3.65. The zero-order valence-corrected chi connectivity index (χ0v) is 24.6. The minimum absolute atomic E-state index is 0.0517. The number of esters is 3. The molecule has 3 heterocycles. The Bertz CT molecular complexity index is 1820. The molecular weight excluding hydrogens is 600 g/mol. The van der Waals surface area contributed by atoms with Crippen LogP contribution in [0.2, 0.25) is 0 Å². The molecule has 0 unspecified atom stereocenters. The first-order valence-corrected chi connectivity index (χ1v) is 15.0. The molecule has 228 valence electrons.